The molecule has 0 amide bonds. The summed E-state index contributed by atoms with van der Waals surface area (Å²) in [5, 5.41) is 2.89. The molecule has 2 aromatic rings. The number of hydrogen-bond donors (Lipinski definition) is 1. The number of esters is 1. The van der Waals surface area contributed by atoms with Crippen LogP contribution in [0.5, 0.6) is 0 Å². The number of rotatable bonds is 4. The third-order valence-electron chi connectivity index (χ3n) is 2.82. The van der Waals surface area contributed by atoms with Gasteiger partial charge in [0, 0.05) is 12.2 Å². The van der Waals surface area contributed by atoms with Crippen molar-refractivity contribution in [3.63, 3.8) is 0 Å². The number of carbonyl (C=O) groups is 1. The second-order valence-corrected chi connectivity index (χ2v) is 4.30. The molecular weight excluding hydrogens is 283 g/mol. The molecule has 3 nitrogen and oxygen atoms in total. The Morgan fingerprint density at radius 2 is 1.81 bits per heavy atom. The summed E-state index contributed by atoms with van der Waals surface area (Å²) in [5.41, 5.74) is 1.16. The SMILES string of the molecule is COC(=O)c1cccc(NCc2cc(F)c(F)c(F)c2)c1. The van der Waals surface area contributed by atoms with Gasteiger partial charge in [-0.15, -0.1) is 0 Å². The van der Waals surface area contributed by atoms with E-state index in [2.05, 4.69) is 10.1 Å². The van der Waals surface area contributed by atoms with Crippen LogP contribution in [0, 0.1) is 17.5 Å². The third kappa shape index (κ3) is 3.53. The van der Waals surface area contributed by atoms with Gasteiger partial charge in [0.05, 0.1) is 12.7 Å². The van der Waals surface area contributed by atoms with E-state index in [9.17, 15) is 18.0 Å². The van der Waals surface area contributed by atoms with Crippen molar-refractivity contribution in [2.45, 2.75) is 6.54 Å². The van der Waals surface area contributed by atoms with Crippen molar-refractivity contribution in [1.29, 1.82) is 0 Å². The maximum atomic E-state index is 13.1. The Hall–Kier alpha value is -2.50. The maximum absolute atomic E-state index is 13.1. The quantitative estimate of drug-likeness (QED) is 0.693. The molecule has 0 radical (unpaired) electrons. The van der Waals surface area contributed by atoms with Crippen molar-refractivity contribution in [2.75, 3.05) is 12.4 Å². The first-order valence-corrected chi connectivity index (χ1v) is 6.07. The van der Waals surface area contributed by atoms with E-state index < -0.39 is 23.4 Å². The highest BCUT2D eigenvalue weighted by Gasteiger charge is 2.10. The van der Waals surface area contributed by atoms with Gasteiger partial charge in [0.1, 0.15) is 0 Å². The minimum Gasteiger partial charge on any atom is -0.465 e. The topological polar surface area (TPSA) is 38.3 Å². The highest BCUT2D eigenvalue weighted by molar-refractivity contribution is 5.90. The molecule has 0 aromatic heterocycles. The Bertz CT molecular complexity index is 651. The van der Waals surface area contributed by atoms with E-state index in [1.165, 1.54) is 7.11 Å². The monoisotopic (exact) mass is 295 g/mol. The maximum Gasteiger partial charge on any atom is 0.337 e. The summed E-state index contributed by atoms with van der Waals surface area (Å²) < 4.78 is 43.6. The Kier molecular flexibility index (Phi) is 4.47. The Labute approximate surface area is 119 Å². The highest BCUT2D eigenvalue weighted by atomic mass is 19.2. The summed E-state index contributed by atoms with van der Waals surface area (Å²) in [6.45, 7) is 0.0821. The summed E-state index contributed by atoms with van der Waals surface area (Å²) in [6.07, 6.45) is 0. The van der Waals surface area contributed by atoms with E-state index in [-0.39, 0.29) is 12.1 Å². The number of benzene rings is 2. The molecule has 0 spiro atoms. The van der Waals surface area contributed by atoms with Crippen LogP contribution in [0.25, 0.3) is 0 Å². The molecule has 0 heterocycles. The number of hydrogen-bond acceptors (Lipinski definition) is 3. The van der Waals surface area contributed by atoms with Crippen LogP contribution in [0.2, 0.25) is 0 Å². The number of anilines is 1. The Balaban J connectivity index is 2.11. The third-order valence-corrected chi connectivity index (χ3v) is 2.82. The van der Waals surface area contributed by atoms with Crippen LogP contribution in [0.15, 0.2) is 36.4 Å². The van der Waals surface area contributed by atoms with Crippen molar-refractivity contribution >= 4 is 11.7 Å². The molecule has 0 aliphatic heterocycles. The first kappa shape index (κ1) is 14.9. The average molecular weight is 295 g/mol. The van der Waals surface area contributed by atoms with Gasteiger partial charge in [-0.3, -0.25) is 0 Å². The number of carbonyl (C=O) groups excluding carboxylic acids is 1. The lowest BCUT2D eigenvalue weighted by molar-refractivity contribution is 0.0601. The van der Waals surface area contributed by atoms with Crippen LogP contribution < -0.4 is 5.32 Å². The first-order valence-electron chi connectivity index (χ1n) is 6.07. The zero-order valence-corrected chi connectivity index (χ0v) is 11.1. The van der Waals surface area contributed by atoms with Gasteiger partial charge in [-0.05, 0) is 35.9 Å². The van der Waals surface area contributed by atoms with Crippen LogP contribution in [0.4, 0.5) is 18.9 Å². The molecule has 2 aromatic carbocycles. The molecule has 0 saturated carbocycles. The summed E-state index contributed by atoms with van der Waals surface area (Å²) in [6, 6.07) is 8.27. The van der Waals surface area contributed by atoms with Gasteiger partial charge in [-0.2, -0.15) is 0 Å². The van der Waals surface area contributed by atoms with Crippen molar-refractivity contribution in [3.05, 3.63) is 65.0 Å². The van der Waals surface area contributed by atoms with Gasteiger partial charge in [0.2, 0.25) is 0 Å². The number of halogens is 3. The normalized spacial score (nSPS) is 10.3. The summed E-state index contributed by atoms with van der Waals surface area (Å²) in [4.78, 5) is 11.4. The van der Waals surface area contributed by atoms with E-state index in [4.69, 9.17) is 0 Å². The second-order valence-electron chi connectivity index (χ2n) is 4.30. The van der Waals surface area contributed by atoms with Gasteiger partial charge in [0.15, 0.2) is 17.5 Å². The lowest BCUT2D eigenvalue weighted by Crippen LogP contribution is -2.05. The molecule has 0 fully saturated rings. The molecule has 0 bridgehead atoms. The van der Waals surface area contributed by atoms with Gasteiger partial charge >= 0.3 is 5.97 Å². The number of nitrogens with one attached hydrogen (secondary N) is 1. The van der Waals surface area contributed by atoms with E-state index in [1.54, 1.807) is 24.3 Å². The van der Waals surface area contributed by atoms with Gasteiger partial charge in [-0.1, -0.05) is 6.07 Å². The molecule has 0 aliphatic carbocycles. The fraction of sp³-hybridized carbons (Fsp3) is 0.133. The number of methoxy groups -OCH3 is 1. The van der Waals surface area contributed by atoms with Gasteiger partial charge in [0.25, 0.3) is 0 Å². The largest absolute Gasteiger partial charge is 0.465 e. The first-order chi connectivity index (χ1) is 10.0. The van der Waals surface area contributed by atoms with E-state index >= 15 is 0 Å². The van der Waals surface area contributed by atoms with Crippen molar-refractivity contribution < 1.29 is 22.7 Å². The average Bonchev–Trinajstić information content (AvgIpc) is 2.50. The predicted molar refractivity (Wildman–Crippen MR) is 71.4 cm³/mol. The van der Waals surface area contributed by atoms with Gasteiger partial charge < -0.3 is 10.1 Å². The fourth-order valence-corrected chi connectivity index (χ4v) is 1.79. The molecule has 0 atom stereocenters. The number of ether oxygens (including phenoxy) is 1. The van der Waals surface area contributed by atoms with E-state index in [0.717, 1.165) is 12.1 Å². The Morgan fingerprint density at radius 1 is 1.14 bits per heavy atom. The molecule has 2 rings (SSSR count). The summed E-state index contributed by atoms with van der Waals surface area (Å²) >= 11 is 0. The van der Waals surface area contributed by atoms with E-state index in [0.29, 0.717) is 11.3 Å². The molecule has 110 valence electrons. The summed E-state index contributed by atoms with van der Waals surface area (Å²) in [7, 11) is 1.27. The molecule has 1 N–H and O–H groups in total. The van der Waals surface area contributed by atoms with Gasteiger partial charge in [-0.25, -0.2) is 18.0 Å². The van der Waals surface area contributed by atoms with Crippen molar-refractivity contribution in [1.82, 2.24) is 0 Å². The zero-order valence-electron chi connectivity index (χ0n) is 11.1. The smallest absolute Gasteiger partial charge is 0.337 e. The minimum absolute atomic E-state index is 0.0821. The summed E-state index contributed by atoms with van der Waals surface area (Å²) in [5.74, 6) is -4.46. The standard InChI is InChI=1S/C15H12F3NO2/c1-21-15(20)10-3-2-4-11(7-10)19-8-9-5-12(16)14(18)13(17)6-9/h2-7,19H,8H2,1H3. The van der Waals surface area contributed by atoms with Crippen molar-refractivity contribution in [2.24, 2.45) is 0 Å². The highest BCUT2D eigenvalue weighted by Crippen LogP contribution is 2.16. The zero-order chi connectivity index (χ0) is 15.4. The fourth-order valence-electron chi connectivity index (χ4n) is 1.79. The second kappa shape index (κ2) is 6.30. The lowest BCUT2D eigenvalue weighted by atomic mass is 10.1. The van der Waals surface area contributed by atoms with Crippen LogP contribution in [0.1, 0.15) is 15.9 Å². The molecule has 21 heavy (non-hydrogen) atoms. The van der Waals surface area contributed by atoms with Crippen LogP contribution >= 0.6 is 0 Å². The minimum atomic E-state index is -1.49. The molecular formula is C15H12F3NO2. The molecule has 0 saturated heterocycles. The molecule has 0 unspecified atom stereocenters. The Morgan fingerprint density at radius 3 is 2.43 bits per heavy atom. The lowest BCUT2D eigenvalue weighted by Gasteiger charge is -2.08. The predicted octanol–water partition coefficient (Wildman–Crippen LogP) is 3.50. The molecule has 0 aliphatic rings. The van der Waals surface area contributed by atoms with Crippen LogP contribution in [-0.2, 0) is 11.3 Å². The van der Waals surface area contributed by atoms with Crippen molar-refractivity contribution in [3.8, 4) is 0 Å². The van der Waals surface area contributed by atoms with Crippen LogP contribution in [-0.4, -0.2) is 13.1 Å². The van der Waals surface area contributed by atoms with E-state index in [1.807, 2.05) is 0 Å². The molecule has 6 heteroatoms. The van der Waals surface area contributed by atoms with Crippen LogP contribution in [0.3, 0.4) is 0 Å².